The summed E-state index contributed by atoms with van der Waals surface area (Å²) in [5, 5.41) is 7.39. The highest BCUT2D eigenvalue weighted by atomic mass is 127. The van der Waals surface area contributed by atoms with Crippen LogP contribution in [0.15, 0.2) is 41.7 Å². The van der Waals surface area contributed by atoms with E-state index in [4.69, 9.17) is 0 Å². The largest absolute Gasteiger partial charge is 0.357 e. The van der Waals surface area contributed by atoms with Crippen LogP contribution in [0.5, 0.6) is 0 Å². The second kappa shape index (κ2) is 10.4. The first-order valence-corrected chi connectivity index (χ1v) is 9.13. The van der Waals surface area contributed by atoms with Crippen LogP contribution in [0.4, 0.5) is 10.1 Å². The third-order valence-electron chi connectivity index (χ3n) is 4.43. The fourth-order valence-corrected chi connectivity index (χ4v) is 3.04. The van der Waals surface area contributed by atoms with Crippen LogP contribution in [0.3, 0.4) is 0 Å². The Morgan fingerprint density at radius 2 is 2.04 bits per heavy atom. The molecule has 0 spiro atoms. The Morgan fingerprint density at radius 1 is 1.29 bits per heavy atom. The molecule has 9 heteroatoms. The number of nitrogens with one attached hydrogen (secondary N) is 1. The Morgan fingerprint density at radius 3 is 2.64 bits per heavy atom. The normalized spacial score (nSPS) is 14.8. The Bertz CT molecular complexity index is 807. The third kappa shape index (κ3) is 5.66. The summed E-state index contributed by atoms with van der Waals surface area (Å²) < 4.78 is 14.7. The maximum atomic E-state index is 13.0. The minimum absolute atomic E-state index is 0. The number of aromatic nitrogens is 2. The summed E-state index contributed by atoms with van der Waals surface area (Å²) in [7, 11) is 1.83. The summed E-state index contributed by atoms with van der Waals surface area (Å²) in [6, 6.07) is 6.46. The number of anilines is 1. The van der Waals surface area contributed by atoms with Gasteiger partial charge >= 0.3 is 0 Å². The molecule has 0 atom stereocenters. The van der Waals surface area contributed by atoms with E-state index in [2.05, 4.69) is 15.4 Å². The van der Waals surface area contributed by atoms with Crippen molar-refractivity contribution in [2.75, 3.05) is 37.6 Å². The van der Waals surface area contributed by atoms with Crippen LogP contribution >= 0.6 is 24.0 Å². The summed E-state index contributed by atoms with van der Waals surface area (Å²) in [6.45, 7) is 4.87. The number of nitrogens with zero attached hydrogens (tertiary/aromatic N) is 5. The number of guanidine groups is 1. The van der Waals surface area contributed by atoms with Gasteiger partial charge in [0.2, 0.25) is 5.91 Å². The second-order valence-electron chi connectivity index (χ2n) is 6.45. The quantitative estimate of drug-likeness (QED) is 0.388. The standard InChI is InChI=1S/C19H25FN6O.HI/c1-3-21-19(22-9-8-15-4-6-16(20)7-5-15)25-10-11-26(18(27)14-25)17-12-23-24(2)13-17;/h4-7,12-13H,3,8-11,14H2,1-2H3,(H,21,22);1H. The fraction of sp³-hybridized carbons (Fsp3) is 0.421. The van der Waals surface area contributed by atoms with Crippen molar-refractivity contribution in [2.45, 2.75) is 13.3 Å². The Balaban J connectivity index is 0.00000280. The number of carbonyl (C=O) groups excluding carboxylic acids is 1. The Labute approximate surface area is 181 Å². The number of carbonyl (C=O) groups is 1. The van der Waals surface area contributed by atoms with Crippen LogP contribution in [0, 0.1) is 5.82 Å². The molecule has 0 unspecified atom stereocenters. The van der Waals surface area contributed by atoms with Crippen LogP contribution in [-0.4, -0.2) is 59.3 Å². The number of piperazine rings is 1. The zero-order chi connectivity index (χ0) is 19.2. The monoisotopic (exact) mass is 500 g/mol. The first kappa shape index (κ1) is 22.1. The van der Waals surface area contributed by atoms with Gasteiger partial charge in [-0.15, -0.1) is 24.0 Å². The predicted octanol–water partition coefficient (Wildman–Crippen LogP) is 2.03. The number of halogens is 2. The van der Waals surface area contributed by atoms with E-state index in [0.29, 0.717) is 19.6 Å². The molecule has 0 radical (unpaired) electrons. The number of aryl methyl sites for hydroxylation is 1. The van der Waals surface area contributed by atoms with E-state index in [0.717, 1.165) is 30.2 Å². The van der Waals surface area contributed by atoms with Gasteiger partial charge in [0.05, 0.1) is 11.9 Å². The van der Waals surface area contributed by atoms with Crippen LogP contribution in [0.2, 0.25) is 0 Å². The van der Waals surface area contributed by atoms with Gasteiger partial charge in [0.15, 0.2) is 5.96 Å². The maximum Gasteiger partial charge on any atom is 0.246 e. The topological polar surface area (TPSA) is 65.8 Å². The predicted molar refractivity (Wildman–Crippen MR) is 119 cm³/mol. The summed E-state index contributed by atoms with van der Waals surface area (Å²) in [6.07, 6.45) is 4.27. The second-order valence-corrected chi connectivity index (χ2v) is 6.45. The summed E-state index contributed by atoms with van der Waals surface area (Å²) in [5.41, 5.74) is 1.86. The molecule has 152 valence electrons. The lowest BCUT2D eigenvalue weighted by molar-refractivity contribution is -0.120. The van der Waals surface area contributed by atoms with Crippen molar-refractivity contribution < 1.29 is 9.18 Å². The molecule has 2 aromatic rings. The lowest BCUT2D eigenvalue weighted by atomic mass is 10.1. The van der Waals surface area contributed by atoms with E-state index < -0.39 is 0 Å². The fourth-order valence-electron chi connectivity index (χ4n) is 3.04. The van der Waals surface area contributed by atoms with Crippen molar-refractivity contribution in [3.05, 3.63) is 48.0 Å². The molecule has 1 fully saturated rings. The lowest BCUT2D eigenvalue weighted by Crippen LogP contribution is -2.55. The molecule has 1 aliphatic rings. The molecule has 0 aliphatic carbocycles. The maximum absolute atomic E-state index is 13.0. The van der Waals surface area contributed by atoms with Gasteiger partial charge in [0, 0.05) is 39.4 Å². The zero-order valence-electron chi connectivity index (χ0n) is 16.1. The van der Waals surface area contributed by atoms with Gasteiger partial charge in [0.25, 0.3) is 0 Å². The highest BCUT2D eigenvalue weighted by molar-refractivity contribution is 14.0. The molecule has 3 rings (SSSR count). The van der Waals surface area contributed by atoms with Crippen LogP contribution in [0.25, 0.3) is 0 Å². The molecular formula is C19H26FIN6O. The molecule has 28 heavy (non-hydrogen) atoms. The van der Waals surface area contributed by atoms with Gasteiger partial charge in [-0.25, -0.2) is 4.39 Å². The number of benzene rings is 1. The minimum atomic E-state index is -0.236. The molecule has 0 bridgehead atoms. The molecule has 2 heterocycles. The van der Waals surface area contributed by atoms with Gasteiger partial charge in [-0.3, -0.25) is 14.5 Å². The molecule has 1 aliphatic heterocycles. The molecule has 1 N–H and O–H groups in total. The van der Waals surface area contributed by atoms with E-state index in [1.165, 1.54) is 12.1 Å². The number of aliphatic imine (C=N–C) groups is 1. The van der Waals surface area contributed by atoms with E-state index in [1.807, 2.05) is 25.1 Å². The molecular weight excluding hydrogens is 474 g/mol. The van der Waals surface area contributed by atoms with Crippen LogP contribution < -0.4 is 10.2 Å². The number of hydrogen-bond acceptors (Lipinski definition) is 3. The van der Waals surface area contributed by atoms with Gasteiger partial charge in [-0.1, -0.05) is 12.1 Å². The zero-order valence-corrected chi connectivity index (χ0v) is 18.5. The number of rotatable bonds is 5. The average Bonchev–Trinajstić information content (AvgIpc) is 3.08. The molecule has 1 saturated heterocycles. The third-order valence-corrected chi connectivity index (χ3v) is 4.43. The Hall–Kier alpha value is -2.17. The molecule has 7 nitrogen and oxygen atoms in total. The van der Waals surface area contributed by atoms with Gasteiger partial charge in [0.1, 0.15) is 12.4 Å². The lowest BCUT2D eigenvalue weighted by Gasteiger charge is -2.35. The van der Waals surface area contributed by atoms with Crippen molar-refractivity contribution in [1.29, 1.82) is 0 Å². The van der Waals surface area contributed by atoms with E-state index in [1.54, 1.807) is 27.9 Å². The van der Waals surface area contributed by atoms with Crippen molar-refractivity contribution >= 4 is 41.5 Å². The number of amides is 1. The van der Waals surface area contributed by atoms with Crippen molar-refractivity contribution in [1.82, 2.24) is 20.0 Å². The highest BCUT2D eigenvalue weighted by Crippen LogP contribution is 2.16. The molecule has 1 aromatic carbocycles. The van der Waals surface area contributed by atoms with Gasteiger partial charge in [-0.05, 0) is 31.0 Å². The van der Waals surface area contributed by atoms with E-state index >= 15 is 0 Å². The molecule has 1 aromatic heterocycles. The highest BCUT2D eigenvalue weighted by Gasteiger charge is 2.27. The number of hydrogen-bond donors (Lipinski definition) is 1. The average molecular weight is 500 g/mol. The smallest absolute Gasteiger partial charge is 0.246 e. The van der Waals surface area contributed by atoms with E-state index in [9.17, 15) is 9.18 Å². The van der Waals surface area contributed by atoms with Gasteiger partial charge in [-0.2, -0.15) is 5.10 Å². The minimum Gasteiger partial charge on any atom is -0.357 e. The first-order valence-electron chi connectivity index (χ1n) is 9.13. The van der Waals surface area contributed by atoms with Gasteiger partial charge < -0.3 is 15.1 Å². The van der Waals surface area contributed by atoms with Crippen LogP contribution in [0.1, 0.15) is 12.5 Å². The van der Waals surface area contributed by atoms with Crippen molar-refractivity contribution in [2.24, 2.45) is 12.0 Å². The van der Waals surface area contributed by atoms with Crippen molar-refractivity contribution in [3.63, 3.8) is 0 Å². The van der Waals surface area contributed by atoms with E-state index in [-0.39, 0.29) is 42.2 Å². The summed E-state index contributed by atoms with van der Waals surface area (Å²) >= 11 is 0. The first-order chi connectivity index (χ1) is 13.1. The summed E-state index contributed by atoms with van der Waals surface area (Å²) in [4.78, 5) is 21.0. The van der Waals surface area contributed by atoms with Crippen LogP contribution in [-0.2, 0) is 18.3 Å². The molecule has 1 amide bonds. The Kier molecular flexibility index (Phi) is 8.21. The SMILES string of the molecule is CCNC(=NCCc1ccc(F)cc1)N1CCN(c2cnn(C)c2)C(=O)C1.I. The summed E-state index contributed by atoms with van der Waals surface area (Å²) in [5.74, 6) is 0.526. The van der Waals surface area contributed by atoms with Crippen molar-refractivity contribution in [3.8, 4) is 0 Å². The molecule has 0 saturated carbocycles.